The van der Waals surface area contributed by atoms with E-state index in [9.17, 15) is 4.79 Å². The molecule has 3 heterocycles. The molecule has 3 aromatic heterocycles. The number of benzene rings is 2. The van der Waals surface area contributed by atoms with Gasteiger partial charge in [0, 0.05) is 27.2 Å². The Bertz CT molecular complexity index is 1330. The molecule has 3 N–H and O–H groups in total. The molecule has 2 aromatic carbocycles. The molecule has 0 bridgehead atoms. The number of nitrogens with zero attached hydrogens (tertiary/aromatic N) is 2. The largest absolute Gasteiger partial charge is 0.360 e. The number of carbonyl (C=O) groups excluding carboxylic acids is 1. The zero-order chi connectivity index (χ0) is 20.5. The van der Waals surface area contributed by atoms with Crippen LogP contribution in [0.15, 0.2) is 79.1 Å². The zero-order valence-electron chi connectivity index (χ0n) is 15.7. The summed E-state index contributed by atoms with van der Waals surface area (Å²) in [6, 6.07) is 20.8. The zero-order valence-corrected chi connectivity index (χ0v) is 17.8. The predicted molar refractivity (Wildman–Crippen MR) is 126 cm³/mol. The summed E-state index contributed by atoms with van der Waals surface area (Å²) in [4.78, 5) is 28.8. The molecule has 0 fully saturated rings. The van der Waals surface area contributed by atoms with E-state index in [4.69, 9.17) is 9.97 Å². The summed E-state index contributed by atoms with van der Waals surface area (Å²) in [6.45, 7) is 0. The molecule has 0 radical (unpaired) electrons. The number of halogens is 1. The summed E-state index contributed by atoms with van der Waals surface area (Å²) in [6.07, 6.45) is 3.71. The Hall–Kier alpha value is -3.46. The number of H-pyrrole nitrogens is 2. The van der Waals surface area contributed by atoms with Crippen LogP contribution in [0, 0.1) is 3.57 Å². The van der Waals surface area contributed by atoms with Crippen molar-refractivity contribution < 1.29 is 4.79 Å². The normalized spacial score (nSPS) is 11.0. The van der Waals surface area contributed by atoms with Crippen LogP contribution in [0.5, 0.6) is 0 Å². The van der Waals surface area contributed by atoms with Gasteiger partial charge in [-0.05, 0) is 89.3 Å². The number of nitrogens with one attached hydrogen (secondary N) is 3. The second-order valence-electron chi connectivity index (χ2n) is 6.75. The van der Waals surface area contributed by atoms with Gasteiger partial charge in [-0.15, -0.1) is 0 Å². The van der Waals surface area contributed by atoms with Gasteiger partial charge in [0.25, 0.3) is 5.91 Å². The van der Waals surface area contributed by atoms with Crippen molar-refractivity contribution in [3.63, 3.8) is 0 Å². The Kier molecular flexibility index (Phi) is 4.80. The number of rotatable bonds is 4. The maximum atomic E-state index is 12.7. The average molecular weight is 505 g/mol. The minimum atomic E-state index is -0.185. The van der Waals surface area contributed by atoms with Crippen LogP contribution in [0.25, 0.3) is 33.8 Å². The van der Waals surface area contributed by atoms with Crippen LogP contribution in [-0.2, 0) is 0 Å². The van der Waals surface area contributed by atoms with Crippen molar-refractivity contribution in [1.29, 1.82) is 0 Å². The van der Waals surface area contributed by atoms with Crippen LogP contribution in [0.2, 0.25) is 0 Å². The van der Waals surface area contributed by atoms with E-state index in [0.29, 0.717) is 11.1 Å². The second kappa shape index (κ2) is 7.75. The second-order valence-corrected chi connectivity index (χ2v) is 8.00. The molecular weight excluding hydrogens is 489 g/mol. The van der Waals surface area contributed by atoms with Crippen molar-refractivity contribution in [3.05, 3.63) is 88.3 Å². The van der Waals surface area contributed by atoms with Gasteiger partial charge in [0.2, 0.25) is 0 Å². The highest BCUT2D eigenvalue weighted by Crippen LogP contribution is 2.29. The molecule has 0 saturated carbocycles. The molecule has 146 valence electrons. The van der Waals surface area contributed by atoms with Crippen molar-refractivity contribution in [3.8, 4) is 22.8 Å². The molecule has 0 atom stereocenters. The molecule has 1 amide bonds. The van der Waals surface area contributed by atoms with E-state index < -0.39 is 0 Å². The lowest BCUT2D eigenvalue weighted by Crippen LogP contribution is -2.12. The summed E-state index contributed by atoms with van der Waals surface area (Å²) in [7, 11) is 0. The van der Waals surface area contributed by atoms with E-state index >= 15 is 0 Å². The van der Waals surface area contributed by atoms with E-state index in [1.54, 1.807) is 12.1 Å². The number of hydrogen-bond donors (Lipinski definition) is 3. The number of hydrogen-bond acceptors (Lipinski definition) is 3. The maximum absolute atomic E-state index is 12.7. The molecule has 0 aliphatic carbocycles. The lowest BCUT2D eigenvalue weighted by molar-refractivity contribution is 0.102. The Morgan fingerprint density at radius 1 is 0.800 bits per heavy atom. The first-order chi connectivity index (χ1) is 14.7. The fourth-order valence-corrected chi connectivity index (χ4v) is 3.62. The van der Waals surface area contributed by atoms with E-state index in [1.165, 1.54) is 0 Å². The molecule has 0 unspecified atom stereocenters. The van der Waals surface area contributed by atoms with Gasteiger partial charge in [0.15, 0.2) is 0 Å². The summed E-state index contributed by atoms with van der Waals surface area (Å²) in [5, 5.41) is 2.92. The minimum absolute atomic E-state index is 0.185. The summed E-state index contributed by atoms with van der Waals surface area (Å²) in [5.74, 6) is -0.185. The predicted octanol–water partition coefficient (Wildman–Crippen LogP) is 5.48. The van der Waals surface area contributed by atoms with Crippen molar-refractivity contribution in [2.24, 2.45) is 0 Å². The first-order valence-corrected chi connectivity index (χ1v) is 10.4. The Morgan fingerprint density at radius 3 is 2.03 bits per heavy atom. The fraction of sp³-hybridized carbons (Fsp3) is 0. The third-order valence-electron chi connectivity index (χ3n) is 4.73. The van der Waals surface area contributed by atoms with Crippen molar-refractivity contribution in [1.82, 2.24) is 19.9 Å². The fourth-order valence-electron chi connectivity index (χ4n) is 3.26. The Labute approximate surface area is 185 Å². The van der Waals surface area contributed by atoms with Gasteiger partial charge in [-0.25, -0.2) is 9.97 Å². The molecule has 6 nitrogen and oxygen atoms in total. The number of amides is 1. The summed E-state index contributed by atoms with van der Waals surface area (Å²) >= 11 is 2.23. The molecule has 5 rings (SSSR count). The number of aromatic nitrogens is 4. The highest BCUT2D eigenvalue weighted by atomic mass is 127. The van der Waals surface area contributed by atoms with Gasteiger partial charge in [-0.1, -0.05) is 0 Å². The Morgan fingerprint density at radius 2 is 1.43 bits per heavy atom. The molecule has 7 heteroatoms. The lowest BCUT2D eigenvalue weighted by Gasteiger charge is -2.10. The van der Waals surface area contributed by atoms with Crippen molar-refractivity contribution >= 4 is 45.2 Å². The van der Waals surface area contributed by atoms with Crippen LogP contribution >= 0.6 is 22.6 Å². The topological polar surface area (TPSA) is 86.5 Å². The number of fused-ring (bicyclic) bond motifs is 1. The minimum Gasteiger partial charge on any atom is -0.360 e. The van der Waals surface area contributed by atoms with Crippen LogP contribution in [0.4, 0.5) is 5.69 Å². The van der Waals surface area contributed by atoms with Gasteiger partial charge in [-0.2, -0.15) is 0 Å². The van der Waals surface area contributed by atoms with Gasteiger partial charge in [-0.3, -0.25) is 4.79 Å². The van der Waals surface area contributed by atoms with E-state index in [-0.39, 0.29) is 5.91 Å². The van der Waals surface area contributed by atoms with Gasteiger partial charge in [0.05, 0.1) is 22.4 Å². The monoisotopic (exact) mass is 505 g/mol. The molecule has 0 aliphatic heterocycles. The molecule has 0 spiro atoms. The molecule has 0 aliphatic rings. The van der Waals surface area contributed by atoms with Gasteiger partial charge >= 0.3 is 0 Å². The molecule has 5 aromatic rings. The molecule has 30 heavy (non-hydrogen) atoms. The first kappa shape index (κ1) is 18.6. The lowest BCUT2D eigenvalue weighted by atomic mass is 10.1. The average Bonchev–Trinajstić information content (AvgIpc) is 3.48. The smallest absolute Gasteiger partial charge is 0.255 e. The van der Waals surface area contributed by atoms with Crippen LogP contribution < -0.4 is 5.32 Å². The van der Waals surface area contributed by atoms with E-state index in [2.05, 4.69) is 37.9 Å². The van der Waals surface area contributed by atoms with Crippen molar-refractivity contribution in [2.45, 2.75) is 0 Å². The van der Waals surface area contributed by atoms with Crippen LogP contribution in [0.1, 0.15) is 10.4 Å². The van der Waals surface area contributed by atoms with E-state index in [1.807, 2.05) is 67.0 Å². The summed E-state index contributed by atoms with van der Waals surface area (Å²) in [5.41, 5.74) is 5.89. The van der Waals surface area contributed by atoms with Gasteiger partial charge in [0.1, 0.15) is 11.4 Å². The summed E-state index contributed by atoms with van der Waals surface area (Å²) < 4.78 is 1.11. The number of carbonyl (C=O) groups is 1. The highest BCUT2D eigenvalue weighted by Gasteiger charge is 2.16. The van der Waals surface area contributed by atoms with Gasteiger partial charge < -0.3 is 15.3 Å². The van der Waals surface area contributed by atoms with Crippen molar-refractivity contribution in [2.75, 3.05) is 5.32 Å². The molecule has 0 saturated heterocycles. The molecular formula is C23H16IN5O. The standard InChI is InChI=1S/C23H16IN5O/c24-15-6-8-16(9-7-15)27-23(30)14-5-10-17-20(13-14)29-22(19-4-2-12-26-19)21(28-17)18-3-1-11-25-18/h1-13,25-26H,(H,27,30). The SMILES string of the molecule is O=C(Nc1ccc(I)cc1)c1ccc2nc(-c3ccc[nH]3)c(-c3ccc[nH]3)nc2c1. The Balaban J connectivity index is 1.56. The quantitative estimate of drug-likeness (QED) is 0.283. The maximum Gasteiger partial charge on any atom is 0.255 e. The van der Waals surface area contributed by atoms with Crippen LogP contribution in [-0.4, -0.2) is 25.8 Å². The third kappa shape index (κ3) is 3.59. The number of anilines is 1. The first-order valence-electron chi connectivity index (χ1n) is 9.33. The van der Waals surface area contributed by atoms with Crippen LogP contribution in [0.3, 0.4) is 0 Å². The number of aromatic amines is 2. The van der Waals surface area contributed by atoms with E-state index in [0.717, 1.165) is 37.5 Å². The third-order valence-corrected chi connectivity index (χ3v) is 5.45. The highest BCUT2D eigenvalue weighted by molar-refractivity contribution is 14.1.